The number of hydrazone groups is 1. The minimum absolute atomic E-state index is 0.0638. The lowest BCUT2D eigenvalue weighted by Gasteiger charge is -2.12. The second kappa shape index (κ2) is 7.09. The van der Waals surface area contributed by atoms with E-state index in [1.165, 1.54) is 0 Å². The molecule has 0 saturated carbocycles. The summed E-state index contributed by atoms with van der Waals surface area (Å²) in [5.41, 5.74) is 4.26. The van der Waals surface area contributed by atoms with Crippen molar-refractivity contribution >= 4 is 28.8 Å². The van der Waals surface area contributed by atoms with Crippen LogP contribution in [0.2, 0.25) is 5.02 Å². The highest BCUT2D eigenvalue weighted by Gasteiger charge is 2.31. The van der Waals surface area contributed by atoms with Gasteiger partial charge in [-0.15, -0.1) is 0 Å². The Morgan fingerprint density at radius 2 is 1.83 bits per heavy atom. The summed E-state index contributed by atoms with van der Waals surface area (Å²) in [5.74, 6) is 0.0638. The van der Waals surface area contributed by atoms with Gasteiger partial charge in [0.2, 0.25) is 0 Å². The molecule has 1 heterocycles. The Hall–Kier alpha value is -2.28. The van der Waals surface area contributed by atoms with E-state index in [1.807, 2.05) is 43.3 Å². The topological polar surface area (TPSA) is 40.5 Å². The fourth-order valence-corrected chi connectivity index (χ4v) is 2.09. The van der Waals surface area contributed by atoms with Crippen molar-refractivity contribution in [1.82, 2.24) is 4.98 Å². The summed E-state index contributed by atoms with van der Waals surface area (Å²) in [4.78, 5) is 5.64. The summed E-state index contributed by atoms with van der Waals surface area (Å²) < 4.78 is 37.7. The number of halogens is 4. The van der Waals surface area contributed by atoms with Crippen LogP contribution in [0.25, 0.3) is 0 Å². The van der Waals surface area contributed by atoms with Crippen molar-refractivity contribution in [1.29, 1.82) is 0 Å². The summed E-state index contributed by atoms with van der Waals surface area (Å²) >= 11 is 5.82. The number of hydrogen-bond acceptors (Lipinski definition) is 4. The van der Waals surface area contributed by atoms with Crippen molar-refractivity contribution in [2.75, 3.05) is 24.4 Å². The van der Waals surface area contributed by atoms with Crippen LogP contribution in [0.5, 0.6) is 0 Å². The molecule has 1 aromatic carbocycles. The van der Waals surface area contributed by atoms with Crippen LogP contribution in [0.3, 0.4) is 0 Å². The van der Waals surface area contributed by atoms with Gasteiger partial charge in [0.25, 0.3) is 0 Å². The first-order valence-electron chi connectivity index (χ1n) is 6.99. The van der Waals surface area contributed by atoms with Crippen molar-refractivity contribution in [3.63, 3.8) is 0 Å². The molecular formula is C16H16ClF3N4. The molecule has 1 aromatic heterocycles. The third kappa shape index (κ3) is 4.38. The summed E-state index contributed by atoms with van der Waals surface area (Å²) in [6.45, 7) is 1.77. The van der Waals surface area contributed by atoms with Crippen LogP contribution in [0.15, 0.2) is 41.6 Å². The van der Waals surface area contributed by atoms with Gasteiger partial charge >= 0.3 is 6.18 Å². The minimum Gasteiger partial charge on any atom is -0.378 e. The van der Waals surface area contributed by atoms with Crippen LogP contribution in [0.1, 0.15) is 18.1 Å². The molecule has 0 aliphatic heterocycles. The van der Waals surface area contributed by atoms with Gasteiger partial charge in [-0.1, -0.05) is 23.7 Å². The smallest absolute Gasteiger partial charge is 0.378 e. The number of aromatic nitrogens is 1. The molecule has 2 aromatic rings. The van der Waals surface area contributed by atoms with E-state index in [-0.39, 0.29) is 10.8 Å². The molecule has 0 spiro atoms. The van der Waals surface area contributed by atoms with Gasteiger partial charge in [-0.3, -0.25) is 5.43 Å². The van der Waals surface area contributed by atoms with Crippen molar-refractivity contribution in [2.24, 2.45) is 5.10 Å². The van der Waals surface area contributed by atoms with Gasteiger partial charge in [0.05, 0.1) is 16.3 Å². The van der Waals surface area contributed by atoms with Crippen LogP contribution in [0.4, 0.5) is 24.7 Å². The average molecular weight is 357 g/mol. The van der Waals surface area contributed by atoms with Crippen LogP contribution < -0.4 is 10.3 Å². The predicted molar refractivity (Wildman–Crippen MR) is 90.9 cm³/mol. The van der Waals surface area contributed by atoms with Crippen LogP contribution >= 0.6 is 11.6 Å². The number of pyridine rings is 1. The number of nitrogens with one attached hydrogen (secondary N) is 1. The SMILES string of the molecule is C/C(=N/Nc1ncc(C(F)(F)F)cc1Cl)c1ccc(N(C)C)cc1. The number of hydrogen-bond donors (Lipinski definition) is 1. The van der Waals surface area contributed by atoms with Gasteiger partial charge in [-0.25, -0.2) is 4.98 Å². The molecule has 0 aliphatic carbocycles. The van der Waals surface area contributed by atoms with Crippen LogP contribution in [-0.2, 0) is 6.18 Å². The average Bonchev–Trinajstić information content (AvgIpc) is 2.52. The Kier molecular flexibility index (Phi) is 5.33. The van der Waals surface area contributed by atoms with Crippen molar-refractivity contribution in [3.8, 4) is 0 Å². The molecule has 0 atom stereocenters. The molecule has 1 N–H and O–H groups in total. The first kappa shape index (κ1) is 18.1. The molecule has 4 nitrogen and oxygen atoms in total. The summed E-state index contributed by atoms with van der Waals surface area (Å²) in [6.07, 6.45) is -3.77. The van der Waals surface area contributed by atoms with Crippen molar-refractivity contribution < 1.29 is 13.2 Å². The monoisotopic (exact) mass is 356 g/mol. The molecule has 0 bridgehead atoms. The second-order valence-electron chi connectivity index (χ2n) is 5.30. The fourth-order valence-electron chi connectivity index (χ4n) is 1.88. The lowest BCUT2D eigenvalue weighted by Crippen LogP contribution is -2.09. The number of anilines is 2. The molecule has 24 heavy (non-hydrogen) atoms. The van der Waals surface area contributed by atoms with Crippen molar-refractivity contribution in [2.45, 2.75) is 13.1 Å². The number of benzene rings is 1. The lowest BCUT2D eigenvalue weighted by atomic mass is 10.1. The number of nitrogens with zero attached hydrogens (tertiary/aromatic N) is 3. The summed E-state index contributed by atoms with van der Waals surface area (Å²) in [7, 11) is 3.88. The van der Waals surface area contributed by atoms with Crippen molar-refractivity contribution in [3.05, 3.63) is 52.7 Å². The first-order chi connectivity index (χ1) is 11.2. The maximum absolute atomic E-state index is 12.6. The van der Waals surface area contributed by atoms with E-state index in [4.69, 9.17) is 11.6 Å². The highest BCUT2D eigenvalue weighted by Crippen LogP contribution is 2.32. The Bertz CT molecular complexity index is 740. The second-order valence-corrected chi connectivity index (χ2v) is 5.71. The fraction of sp³-hybridized carbons (Fsp3) is 0.250. The van der Waals surface area contributed by atoms with E-state index < -0.39 is 11.7 Å². The Morgan fingerprint density at radius 3 is 2.33 bits per heavy atom. The number of alkyl halides is 3. The standard InChI is InChI=1S/C16H16ClF3N4/c1-10(11-4-6-13(7-5-11)24(2)3)22-23-15-14(17)8-12(9-21-15)16(18,19)20/h4-9H,1-3H3,(H,21,23)/b22-10-. The normalized spacial score (nSPS) is 12.2. The zero-order valence-corrected chi connectivity index (χ0v) is 14.1. The van der Waals surface area contributed by atoms with Gasteiger partial charge in [-0.2, -0.15) is 18.3 Å². The number of rotatable bonds is 4. The highest BCUT2D eigenvalue weighted by atomic mass is 35.5. The van der Waals surface area contributed by atoms with Gasteiger partial charge in [0.1, 0.15) is 0 Å². The van der Waals surface area contributed by atoms with E-state index in [9.17, 15) is 13.2 Å². The summed E-state index contributed by atoms with van der Waals surface area (Å²) in [5, 5.41) is 3.97. The van der Waals surface area contributed by atoms with Crippen LogP contribution in [0, 0.1) is 0 Å². The molecule has 0 fully saturated rings. The molecule has 0 amide bonds. The van der Waals surface area contributed by atoms with Gasteiger partial charge in [0, 0.05) is 26.0 Å². The zero-order valence-electron chi connectivity index (χ0n) is 13.3. The first-order valence-corrected chi connectivity index (χ1v) is 7.37. The Morgan fingerprint density at radius 1 is 1.21 bits per heavy atom. The van der Waals surface area contributed by atoms with E-state index >= 15 is 0 Å². The van der Waals surface area contributed by atoms with E-state index in [1.54, 1.807) is 6.92 Å². The van der Waals surface area contributed by atoms with Gasteiger partial charge in [-0.05, 0) is 30.7 Å². The molecule has 128 valence electrons. The predicted octanol–water partition coefficient (Wildman–Crippen LogP) is 4.66. The highest BCUT2D eigenvalue weighted by molar-refractivity contribution is 6.33. The molecule has 0 aliphatic rings. The lowest BCUT2D eigenvalue weighted by molar-refractivity contribution is -0.137. The Labute approximate surface area is 143 Å². The summed E-state index contributed by atoms with van der Waals surface area (Å²) in [6, 6.07) is 8.50. The quantitative estimate of drug-likeness (QED) is 0.640. The largest absolute Gasteiger partial charge is 0.417 e. The molecule has 8 heteroatoms. The molecule has 0 saturated heterocycles. The van der Waals surface area contributed by atoms with Crippen LogP contribution in [-0.4, -0.2) is 24.8 Å². The third-order valence-electron chi connectivity index (χ3n) is 3.30. The van der Waals surface area contributed by atoms with Gasteiger partial charge in [0.15, 0.2) is 5.82 Å². The minimum atomic E-state index is -4.48. The van der Waals surface area contributed by atoms with E-state index in [2.05, 4.69) is 15.5 Å². The van der Waals surface area contributed by atoms with E-state index in [0.717, 1.165) is 17.3 Å². The molecule has 0 radical (unpaired) electrons. The zero-order chi connectivity index (χ0) is 17.9. The molecule has 2 rings (SSSR count). The molecule has 0 unspecified atom stereocenters. The maximum Gasteiger partial charge on any atom is 0.417 e. The van der Waals surface area contributed by atoms with Gasteiger partial charge < -0.3 is 4.90 Å². The third-order valence-corrected chi connectivity index (χ3v) is 3.59. The van der Waals surface area contributed by atoms with E-state index in [0.29, 0.717) is 11.9 Å². The maximum atomic E-state index is 12.6. The molecular weight excluding hydrogens is 341 g/mol. The Balaban J connectivity index is 2.15.